The summed E-state index contributed by atoms with van der Waals surface area (Å²) in [4.78, 5) is 2.59. The molecule has 19 heavy (non-hydrogen) atoms. The van der Waals surface area contributed by atoms with E-state index in [9.17, 15) is 5.11 Å². The summed E-state index contributed by atoms with van der Waals surface area (Å²) in [6.45, 7) is 10.3. The minimum Gasteiger partial charge on any atom is -0.393 e. The Kier molecular flexibility index (Phi) is 5.67. The Morgan fingerprint density at radius 2 is 1.84 bits per heavy atom. The number of nitrogens with zero attached hydrogens (tertiary/aromatic N) is 1. The Bertz CT molecular complexity index is 253. The SMILES string of the molecule is CC(C)CNCC1(CN2CCC(O)CC2)CCCC1. The lowest BCUT2D eigenvalue weighted by atomic mass is 9.84. The molecule has 0 unspecified atom stereocenters. The molecule has 0 atom stereocenters. The predicted octanol–water partition coefficient (Wildman–Crippen LogP) is 2.25. The summed E-state index contributed by atoms with van der Waals surface area (Å²) in [5.41, 5.74) is 0.511. The summed E-state index contributed by atoms with van der Waals surface area (Å²) in [6, 6.07) is 0. The van der Waals surface area contributed by atoms with Crippen molar-refractivity contribution in [1.29, 1.82) is 0 Å². The summed E-state index contributed by atoms with van der Waals surface area (Å²) < 4.78 is 0. The van der Waals surface area contributed by atoms with E-state index in [4.69, 9.17) is 0 Å². The normalized spacial score (nSPS) is 25.3. The van der Waals surface area contributed by atoms with Crippen LogP contribution < -0.4 is 5.32 Å². The molecule has 2 N–H and O–H groups in total. The van der Waals surface area contributed by atoms with Crippen LogP contribution in [0.25, 0.3) is 0 Å². The number of aliphatic hydroxyl groups is 1. The van der Waals surface area contributed by atoms with Crippen LogP contribution >= 0.6 is 0 Å². The molecule has 3 nitrogen and oxygen atoms in total. The van der Waals surface area contributed by atoms with Crippen molar-refractivity contribution in [3.05, 3.63) is 0 Å². The second-order valence-electron chi connectivity index (χ2n) is 7.24. The van der Waals surface area contributed by atoms with E-state index in [2.05, 4.69) is 24.1 Å². The summed E-state index contributed by atoms with van der Waals surface area (Å²) in [7, 11) is 0. The minimum atomic E-state index is -0.0464. The Labute approximate surface area is 118 Å². The lowest BCUT2D eigenvalue weighted by Gasteiger charge is -2.38. The molecule has 1 saturated heterocycles. The molecule has 0 radical (unpaired) electrons. The molecule has 2 fully saturated rings. The van der Waals surface area contributed by atoms with Gasteiger partial charge in [-0.25, -0.2) is 0 Å². The van der Waals surface area contributed by atoms with Gasteiger partial charge in [-0.3, -0.25) is 0 Å². The Morgan fingerprint density at radius 3 is 2.42 bits per heavy atom. The van der Waals surface area contributed by atoms with E-state index < -0.39 is 0 Å². The number of rotatable bonds is 6. The number of hydrogen-bond acceptors (Lipinski definition) is 3. The third-order valence-corrected chi connectivity index (χ3v) is 4.83. The number of hydrogen-bond donors (Lipinski definition) is 2. The second kappa shape index (κ2) is 7.05. The number of likely N-dealkylation sites (tertiary alicyclic amines) is 1. The van der Waals surface area contributed by atoms with Gasteiger partial charge in [0.2, 0.25) is 0 Å². The molecule has 0 aromatic carbocycles. The van der Waals surface area contributed by atoms with Crippen molar-refractivity contribution in [2.24, 2.45) is 11.3 Å². The van der Waals surface area contributed by atoms with Crippen LogP contribution in [0.15, 0.2) is 0 Å². The van der Waals surface area contributed by atoms with Crippen molar-refractivity contribution in [2.75, 3.05) is 32.7 Å². The van der Waals surface area contributed by atoms with Crippen LogP contribution in [-0.2, 0) is 0 Å². The first-order valence-electron chi connectivity index (χ1n) is 8.21. The van der Waals surface area contributed by atoms with Crippen LogP contribution in [0.4, 0.5) is 0 Å². The van der Waals surface area contributed by atoms with Crippen LogP contribution in [0, 0.1) is 11.3 Å². The predicted molar refractivity (Wildman–Crippen MR) is 80.3 cm³/mol. The lowest BCUT2D eigenvalue weighted by Crippen LogP contribution is -2.46. The molecule has 2 rings (SSSR count). The fourth-order valence-electron chi connectivity index (χ4n) is 3.69. The van der Waals surface area contributed by atoms with Crippen molar-refractivity contribution < 1.29 is 5.11 Å². The first-order chi connectivity index (χ1) is 9.10. The number of nitrogens with one attached hydrogen (secondary N) is 1. The molecule has 3 heteroatoms. The second-order valence-corrected chi connectivity index (χ2v) is 7.24. The van der Waals surface area contributed by atoms with Gasteiger partial charge in [0.15, 0.2) is 0 Å². The molecular weight excluding hydrogens is 236 g/mol. The van der Waals surface area contributed by atoms with Gasteiger partial charge < -0.3 is 15.3 Å². The summed E-state index contributed by atoms with van der Waals surface area (Å²) >= 11 is 0. The van der Waals surface area contributed by atoms with Gasteiger partial charge in [0.25, 0.3) is 0 Å². The molecule has 0 spiro atoms. The van der Waals surface area contributed by atoms with Crippen molar-refractivity contribution in [3.8, 4) is 0 Å². The average Bonchev–Trinajstić information content (AvgIpc) is 2.81. The maximum atomic E-state index is 9.62. The molecule has 0 aromatic heterocycles. The molecule has 1 saturated carbocycles. The van der Waals surface area contributed by atoms with E-state index in [0.717, 1.165) is 38.4 Å². The zero-order valence-electron chi connectivity index (χ0n) is 12.8. The maximum absolute atomic E-state index is 9.62. The molecule has 1 heterocycles. The Hall–Kier alpha value is -0.120. The molecule has 1 aliphatic heterocycles. The molecule has 0 aromatic rings. The molecule has 0 amide bonds. The first kappa shape index (κ1) is 15.3. The van der Waals surface area contributed by atoms with E-state index in [0.29, 0.717) is 5.41 Å². The van der Waals surface area contributed by atoms with Gasteiger partial charge in [0.05, 0.1) is 6.10 Å². The largest absolute Gasteiger partial charge is 0.393 e. The van der Waals surface area contributed by atoms with Crippen LogP contribution in [-0.4, -0.2) is 48.8 Å². The highest BCUT2D eigenvalue weighted by Gasteiger charge is 2.35. The molecule has 2 aliphatic rings. The van der Waals surface area contributed by atoms with E-state index in [-0.39, 0.29) is 6.10 Å². The van der Waals surface area contributed by atoms with Crippen LogP contribution in [0.1, 0.15) is 52.4 Å². The molecule has 112 valence electrons. The zero-order valence-corrected chi connectivity index (χ0v) is 12.8. The van der Waals surface area contributed by atoms with E-state index in [1.54, 1.807) is 0 Å². The van der Waals surface area contributed by atoms with E-state index in [1.165, 1.54) is 38.8 Å². The zero-order chi connectivity index (χ0) is 13.7. The van der Waals surface area contributed by atoms with Gasteiger partial charge in [-0.1, -0.05) is 26.7 Å². The van der Waals surface area contributed by atoms with Crippen molar-refractivity contribution in [2.45, 2.75) is 58.5 Å². The highest BCUT2D eigenvalue weighted by molar-refractivity contribution is 4.90. The highest BCUT2D eigenvalue weighted by Crippen LogP contribution is 2.38. The van der Waals surface area contributed by atoms with Crippen LogP contribution in [0.2, 0.25) is 0 Å². The number of piperidine rings is 1. The van der Waals surface area contributed by atoms with Crippen LogP contribution in [0.5, 0.6) is 0 Å². The molecule has 0 bridgehead atoms. The fourth-order valence-corrected chi connectivity index (χ4v) is 3.69. The molecule has 1 aliphatic carbocycles. The third-order valence-electron chi connectivity index (χ3n) is 4.83. The Balaban J connectivity index is 1.81. The summed E-state index contributed by atoms with van der Waals surface area (Å²) in [6.07, 6.45) is 7.47. The van der Waals surface area contributed by atoms with Crippen molar-refractivity contribution in [1.82, 2.24) is 10.2 Å². The van der Waals surface area contributed by atoms with Crippen LogP contribution in [0.3, 0.4) is 0 Å². The van der Waals surface area contributed by atoms with Gasteiger partial charge in [-0.05, 0) is 43.6 Å². The van der Waals surface area contributed by atoms with Gasteiger partial charge >= 0.3 is 0 Å². The highest BCUT2D eigenvalue weighted by atomic mass is 16.3. The van der Waals surface area contributed by atoms with Gasteiger partial charge in [0, 0.05) is 26.2 Å². The van der Waals surface area contributed by atoms with Gasteiger partial charge in [-0.15, -0.1) is 0 Å². The summed E-state index contributed by atoms with van der Waals surface area (Å²) in [5.74, 6) is 0.739. The van der Waals surface area contributed by atoms with E-state index in [1.807, 2.05) is 0 Å². The minimum absolute atomic E-state index is 0.0464. The van der Waals surface area contributed by atoms with Crippen molar-refractivity contribution in [3.63, 3.8) is 0 Å². The maximum Gasteiger partial charge on any atom is 0.0564 e. The van der Waals surface area contributed by atoms with E-state index >= 15 is 0 Å². The topological polar surface area (TPSA) is 35.5 Å². The van der Waals surface area contributed by atoms with Crippen molar-refractivity contribution >= 4 is 0 Å². The monoisotopic (exact) mass is 268 g/mol. The standard InChI is InChI=1S/C16H32N2O/c1-14(2)11-17-12-16(7-3-4-8-16)13-18-9-5-15(19)6-10-18/h14-15,17,19H,3-13H2,1-2H3. The van der Waals surface area contributed by atoms with Gasteiger partial charge in [0.1, 0.15) is 0 Å². The first-order valence-corrected chi connectivity index (χ1v) is 8.21. The summed E-state index contributed by atoms with van der Waals surface area (Å²) in [5, 5.41) is 13.3. The third kappa shape index (κ3) is 4.73. The fraction of sp³-hybridized carbons (Fsp3) is 1.00. The Morgan fingerprint density at radius 1 is 1.21 bits per heavy atom. The van der Waals surface area contributed by atoms with Gasteiger partial charge in [-0.2, -0.15) is 0 Å². The lowest BCUT2D eigenvalue weighted by molar-refractivity contribution is 0.0566. The number of aliphatic hydroxyl groups excluding tert-OH is 1. The smallest absolute Gasteiger partial charge is 0.0564 e. The molecular formula is C16H32N2O. The quantitative estimate of drug-likeness (QED) is 0.775. The average molecular weight is 268 g/mol.